The van der Waals surface area contributed by atoms with Crippen molar-refractivity contribution in [2.75, 3.05) is 33.4 Å². The second-order valence-electron chi connectivity index (χ2n) is 8.98. The highest BCUT2D eigenvalue weighted by atomic mass is 19.1. The third-order valence-electron chi connectivity index (χ3n) is 6.75. The standard InChI is InChI=1S/C25H31FN2O3/c1-28-12-8-21(9-13-28)27-24(30)25(10-14-31-15-11-25)17-18-2-4-19(5-3-18)22-16-20(26)6-7-23(22)29/h2-7,16,21,29H,8-15,17H2,1H3,(H,27,30). The predicted molar refractivity (Wildman–Crippen MR) is 118 cm³/mol. The van der Waals surface area contributed by atoms with E-state index < -0.39 is 5.41 Å². The molecule has 5 nitrogen and oxygen atoms in total. The van der Waals surface area contributed by atoms with Gasteiger partial charge in [0.25, 0.3) is 0 Å². The van der Waals surface area contributed by atoms with Gasteiger partial charge >= 0.3 is 0 Å². The molecule has 0 aliphatic carbocycles. The molecule has 2 N–H and O–H groups in total. The van der Waals surface area contributed by atoms with Gasteiger partial charge in [-0.15, -0.1) is 0 Å². The lowest BCUT2D eigenvalue weighted by molar-refractivity contribution is -0.137. The van der Waals surface area contributed by atoms with Crippen LogP contribution in [-0.2, 0) is 16.0 Å². The van der Waals surface area contributed by atoms with E-state index in [9.17, 15) is 14.3 Å². The first kappa shape index (κ1) is 21.8. The van der Waals surface area contributed by atoms with Crippen molar-refractivity contribution < 1.29 is 19.0 Å². The molecule has 0 atom stereocenters. The molecule has 2 heterocycles. The lowest BCUT2D eigenvalue weighted by Gasteiger charge is -2.38. The van der Waals surface area contributed by atoms with Gasteiger partial charge in [-0.3, -0.25) is 4.79 Å². The molecule has 6 heteroatoms. The van der Waals surface area contributed by atoms with E-state index >= 15 is 0 Å². The number of rotatable bonds is 5. The van der Waals surface area contributed by atoms with E-state index in [4.69, 9.17) is 4.74 Å². The number of piperidine rings is 1. The number of carbonyl (C=O) groups excluding carboxylic acids is 1. The summed E-state index contributed by atoms with van der Waals surface area (Å²) in [6.07, 6.45) is 4.03. The number of phenols is 1. The number of aromatic hydroxyl groups is 1. The Morgan fingerprint density at radius 2 is 1.84 bits per heavy atom. The van der Waals surface area contributed by atoms with Crippen LogP contribution in [0.25, 0.3) is 11.1 Å². The fourth-order valence-electron chi connectivity index (χ4n) is 4.67. The smallest absolute Gasteiger partial charge is 0.226 e. The Morgan fingerprint density at radius 1 is 1.16 bits per heavy atom. The van der Waals surface area contributed by atoms with E-state index in [2.05, 4.69) is 17.3 Å². The largest absolute Gasteiger partial charge is 0.507 e. The molecule has 0 saturated carbocycles. The lowest BCUT2D eigenvalue weighted by atomic mass is 9.74. The van der Waals surface area contributed by atoms with Gasteiger partial charge in [0.1, 0.15) is 11.6 Å². The number of halogens is 1. The molecule has 2 aliphatic rings. The first-order valence-corrected chi connectivity index (χ1v) is 11.1. The van der Waals surface area contributed by atoms with Crippen molar-refractivity contribution in [3.8, 4) is 16.9 Å². The molecular formula is C25H31FN2O3. The van der Waals surface area contributed by atoms with Crippen molar-refractivity contribution in [2.45, 2.75) is 38.1 Å². The highest BCUT2D eigenvalue weighted by Gasteiger charge is 2.41. The van der Waals surface area contributed by atoms with E-state index in [1.165, 1.54) is 18.2 Å². The molecule has 0 unspecified atom stereocenters. The van der Waals surface area contributed by atoms with Crippen LogP contribution in [0.1, 0.15) is 31.2 Å². The molecule has 1 amide bonds. The molecule has 2 aromatic carbocycles. The van der Waals surface area contributed by atoms with Gasteiger partial charge in [0, 0.05) is 24.8 Å². The van der Waals surface area contributed by atoms with Crippen molar-refractivity contribution in [2.24, 2.45) is 5.41 Å². The van der Waals surface area contributed by atoms with Gasteiger partial charge in [-0.1, -0.05) is 24.3 Å². The van der Waals surface area contributed by atoms with Gasteiger partial charge in [0.05, 0.1) is 5.41 Å². The quantitative estimate of drug-likeness (QED) is 0.765. The molecule has 0 radical (unpaired) electrons. The van der Waals surface area contributed by atoms with Crippen molar-refractivity contribution in [3.05, 3.63) is 53.8 Å². The minimum atomic E-state index is -0.468. The van der Waals surface area contributed by atoms with Crippen molar-refractivity contribution in [1.82, 2.24) is 10.2 Å². The molecule has 0 bridgehead atoms. The van der Waals surface area contributed by atoms with E-state index in [0.29, 0.717) is 38.0 Å². The van der Waals surface area contributed by atoms with Crippen molar-refractivity contribution >= 4 is 5.91 Å². The first-order valence-electron chi connectivity index (χ1n) is 11.1. The number of nitrogens with one attached hydrogen (secondary N) is 1. The van der Waals surface area contributed by atoms with Crippen LogP contribution in [-0.4, -0.2) is 55.3 Å². The number of phenolic OH excluding ortho intramolecular Hbond substituents is 1. The van der Waals surface area contributed by atoms with Gasteiger partial charge in [-0.05, 0) is 81.6 Å². The monoisotopic (exact) mass is 426 g/mol. The van der Waals surface area contributed by atoms with Crippen LogP contribution < -0.4 is 5.32 Å². The Hall–Kier alpha value is -2.44. The zero-order chi connectivity index (χ0) is 21.8. The van der Waals surface area contributed by atoms with E-state index in [0.717, 1.165) is 37.1 Å². The summed E-state index contributed by atoms with van der Waals surface area (Å²) in [5.74, 6) is -0.201. The molecular weight excluding hydrogens is 395 g/mol. The minimum absolute atomic E-state index is 0.0487. The third kappa shape index (κ3) is 5.08. The minimum Gasteiger partial charge on any atom is -0.507 e. The Morgan fingerprint density at radius 3 is 2.52 bits per heavy atom. The van der Waals surface area contributed by atoms with E-state index in [-0.39, 0.29) is 23.5 Å². The molecule has 166 valence electrons. The van der Waals surface area contributed by atoms with Crippen LogP contribution in [0.5, 0.6) is 5.75 Å². The number of hydrogen-bond donors (Lipinski definition) is 2. The van der Waals surface area contributed by atoms with Gasteiger partial charge in [-0.25, -0.2) is 4.39 Å². The van der Waals surface area contributed by atoms with Crippen molar-refractivity contribution in [1.29, 1.82) is 0 Å². The molecule has 0 aromatic heterocycles. The summed E-state index contributed by atoms with van der Waals surface area (Å²) >= 11 is 0. The predicted octanol–water partition coefficient (Wildman–Crippen LogP) is 3.75. The van der Waals surface area contributed by atoms with E-state index in [1.807, 2.05) is 24.3 Å². The molecule has 0 spiro atoms. The van der Waals surface area contributed by atoms with Crippen molar-refractivity contribution in [3.63, 3.8) is 0 Å². The van der Waals surface area contributed by atoms with Crippen LogP contribution in [0.4, 0.5) is 4.39 Å². The fraction of sp³-hybridized carbons (Fsp3) is 0.480. The summed E-state index contributed by atoms with van der Waals surface area (Å²) in [7, 11) is 2.12. The Bertz CT molecular complexity index is 901. The maximum atomic E-state index is 13.6. The summed E-state index contributed by atoms with van der Waals surface area (Å²) < 4.78 is 19.2. The summed E-state index contributed by atoms with van der Waals surface area (Å²) in [5, 5.41) is 13.4. The summed E-state index contributed by atoms with van der Waals surface area (Å²) in [5.41, 5.74) is 1.80. The zero-order valence-electron chi connectivity index (χ0n) is 18.1. The second kappa shape index (κ2) is 9.37. The number of hydrogen-bond acceptors (Lipinski definition) is 4. The van der Waals surface area contributed by atoms with Gasteiger partial charge < -0.3 is 20.1 Å². The molecule has 2 aromatic rings. The fourth-order valence-corrected chi connectivity index (χ4v) is 4.67. The Balaban J connectivity index is 1.49. The summed E-state index contributed by atoms with van der Waals surface area (Å²) in [6, 6.07) is 11.9. The summed E-state index contributed by atoms with van der Waals surface area (Å²) in [6.45, 7) is 3.21. The number of nitrogens with zero attached hydrogens (tertiary/aromatic N) is 1. The lowest BCUT2D eigenvalue weighted by Crippen LogP contribution is -2.51. The van der Waals surface area contributed by atoms with Gasteiger partial charge in [0.2, 0.25) is 5.91 Å². The van der Waals surface area contributed by atoms with E-state index in [1.54, 1.807) is 0 Å². The maximum Gasteiger partial charge on any atom is 0.226 e. The normalized spacial score (nSPS) is 19.8. The van der Waals surface area contributed by atoms with Crippen LogP contribution in [0.15, 0.2) is 42.5 Å². The molecule has 2 aliphatic heterocycles. The highest BCUT2D eigenvalue weighted by Crippen LogP contribution is 2.36. The summed E-state index contributed by atoms with van der Waals surface area (Å²) in [4.78, 5) is 15.7. The SMILES string of the molecule is CN1CCC(NC(=O)C2(Cc3ccc(-c4cc(F)ccc4O)cc3)CCOCC2)CC1. The molecule has 2 fully saturated rings. The van der Waals surface area contributed by atoms with Gasteiger partial charge in [0.15, 0.2) is 0 Å². The van der Waals surface area contributed by atoms with Gasteiger partial charge in [-0.2, -0.15) is 0 Å². The number of amides is 1. The molecule has 31 heavy (non-hydrogen) atoms. The third-order valence-corrected chi connectivity index (χ3v) is 6.75. The Labute approximate surface area is 183 Å². The average molecular weight is 427 g/mol. The zero-order valence-corrected chi connectivity index (χ0v) is 18.1. The first-order chi connectivity index (χ1) is 14.9. The topological polar surface area (TPSA) is 61.8 Å². The number of carbonyl (C=O) groups is 1. The molecule has 2 saturated heterocycles. The van der Waals surface area contributed by atoms with Crippen LogP contribution >= 0.6 is 0 Å². The molecule has 4 rings (SSSR count). The number of benzene rings is 2. The van der Waals surface area contributed by atoms with Crippen LogP contribution in [0, 0.1) is 11.2 Å². The maximum absolute atomic E-state index is 13.6. The number of likely N-dealkylation sites (tertiary alicyclic amines) is 1. The highest BCUT2D eigenvalue weighted by molar-refractivity contribution is 5.83. The van der Waals surface area contributed by atoms with Crippen LogP contribution in [0.3, 0.4) is 0 Å². The number of ether oxygens (including phenoxy) is 1. The second-order valence-corrected chi connectivity index (χ2v) is 8.98. The Kier molecular flexibility index (Phi) is 6.58. The van der Waals surface area contributed by atoms with Crippen LogP contribution in [0.2, 0.25) is 0 Å². The average Bonchev–Trinajstić information content (AvgIpc) is 2.78.